The van der Waals surface area contributed by atoms with Crippen molar-refractivity contribution in [1.29, 1.82) is 0 Å². The van der Waals surface area contributed by atoms with Crippen LogP contribution < -0.4 is 0 Å². The number of hydrogen-bond donors (Lipinski definition) is 1. The zero-order valence-electron chi connectivity index (χ0n) is 9.38. The Morgan fingerprint density at radius 1 is 1.41 bits per heavy atom. The molecule has 1 rings (SSSR count). The molecule has 1 N–H and O–H groups in total. The molecule has 0 spiro atoms. The van der Waals surface area contributed by atoms with Gasteiger partial charge in [0.05, 0.1) is 5.41 Å². The summed E-state index contributed by atoms with van der Waals surface area (Å²) in [5.41, 5.74) is -1.14. The van der Waals surface area contributed by atoms with Crippen molar-refractivity contribution in [3.8, 4) is 0 Å². The van der Waals surface area contributed by atoms with Gasteiger partial charge in [0.2, 0.25) is 5.91 Å². The minimum atomic E-state index is -4.55. The summed E-state index contributed by atoms with van der Waals surface area (Å²) in [7, 11) is 0. The van der Waals surface area contributed by atoms with Gasteiger partial charge in [0.15, 0.2) is 0 Å². The van der Waals surface area contributed by atoms with Gasteiger partial charge in [-0.1, -0.05) is 0 Å². The fourth-order valence-electron chi connectivity index (χ4n) is 1.91. The van der Waals surface area contributed by atoms with Gasteiger partial charge in [0, 0.05) is 13.1 Å². The molecule has 0 aliphatic carbocycles. The van der Waals surface area contributed by atoms with Crippen LogP contribution in [0.15, 0.2) is 0 Å². The molecule has 1 heterocycles. The highest BCUT2D eigenvalue weighted by atomic mass is 19.4. The van der Waals surface area contributed by atoms with Crippen LogP contribution in [0.3, 0.4) is 0 Å². The summed E-state index contributed by atoms with van der Waals surface area (Å²) >= 11 is 0. The minimum Gasteiger partial charge on any atom is -0.481 e. The molecular formula is C10H14F3NO3. The molecule has 0 aromatic carbocycles. The number of nitrogens with zero attached hydrogens (tertiary/aromatic N) is 1. The highest BCUT2D eigenvalue weighted by molar-refractivity contribution is 5.79. The molecule has 17 heavy (non-hydrogen) atoms. The van der Waals surface area contributed by atoms with Crippen LogP contribution in [0.1, 0.15) is 26.2 Å². The van der Waals surface area contributed by atoms with Gasteiger partial charge >= 0.3 is 12.1 Å². The van der Waals surface area contributed by atoms with E-state index in [1.54, 1.807) is 0 Å². The van der Waals surface area contributed by atoms with Gasteiger partial charge in [-0.05, 0) is 19.8 Å². The lowest BCUT2D eigenvalue weighted by Crippen LogP contribution is -2.49. The van der Waals surface area contributed by atoms with Gasteiger partial charge in [-0.3, -0.25) is 9.59 Å². The van der Waals surface area contributed by atoms with E-state index in [0.717, 1.165) is 4.90 Å². The Balaban J connectivity index is 2.67. The van der Waals surface area contributed by atoms with Gasteiger partial charge in [0.25, 0.3) is 0 Å². The topological polar surface area (TPSA) is 57.6 Å². The van der Waals surface area contributed by atoms with Crippen LogP contribution in [0.2, 0.25) is 0 Å². The van der Waals surface area contributed by atoms with Crippen molar-refractivity contribution in [2.45, 2.75) is 32.4 Å². The summed E-state index contributed by atoms with van der Waals surface area (Å²) < 4.78 is 36.1. The number of amides is 1. The number of carbonyl (C=O) groups is 2. The second-order valence-electron chi connectivity index (χ2n) is 4.58. The summed E-state index contributed by atoms with van der Waals surface area (Å²) in [4.78, 5) is 23.3. The van der Waals surface area contributed by atoms with Crippen molar-refractivity contribution in [3.05, 3.63) is 0 Å². The third-order valence-electron chi connectivity index (χ3n) is 2.92. The number of carboxylic acids is 1. The van der Waals surface area contributed by atoms with E-state index in [1.165, 1.54) is 6.92 Å². The maximum atomic E-state index is 12.0. The van der Waals surface area contributed by atoms with Crippen molar-refractivity contribution in [1.82, 2.24) is 4.90 Å². The summed E-state index contributed by atoms with van der Waals surface area (Å²) in [5, 5.41) is 8.97. The summed E-state index contributed by atoms with van der Waals surface area (Å²) in [6.07, 6.45) is -5.29. The Hall–Kier alpha value is -1.27. The van der Waals surface area contributed by atoms with Crippen LogP contribution in [0.4, 0.5) is 13.2 Å². The van der Waals surface area contributed by atoms with Gasteiger partial charge in [-0.2, -0.15) is 13.2 Å². The number of hydrogen-bond acceptors (Lipinski definition) is 2. The van der Waals surface area contributed by atoms with Gasteiger partial charge in [-0.25, -0.2) is 0 Å². The van der Waals surface area contributed by atoms with E-state index in [1.807, 2.05) is 0 Å². The smallest absolute Gasteiger partial charge is 0.397 e. The Bertz CT molecular complexity index is 329. The van der Waals surface area contributed by atoms with E-state index in [0.29, 0.717) is 12.8 Å². The van der Waals surface area contributed by atoms with Crippen molar-refractivity contribution in [2.24, 2.45) is 5.41 Å². The van der Waals surface area contributed by atoms with Crippen LogP contribution in [-0.4, -0.2) is 41.1 Å². The molecule has 0 radical (unpaired) electrons. The zero-order valence-corrected chi connectivity index (χ0v) is 9.38. The summed E-state index contributed by atoms with van der Waals surface area (Å²) in [5.74, 6) is -2.13. The van der Waals surface area contributed by atoms with Crippen LogP contribution in [0.25, 0.3) is 0 Å². The van der Waals surface area contributed by atoms with Gasteiger partial charge in [-0.15, -0.1) is 0 Å². The van der Waals surface area contributed by atoms with Crippen molar-refractivity contribution >= 4 is 11.9 Å². The average molecular weight is 253 g/mol. The van der Waals surface area contributed by atoms with Crippen molar-refractivity contribution in [3.63, 3.8) is 0 Å². The highest BCUT2D eigenvalue weighted by Crippen LogP contribution is 2.31. The first-order valence-electron chi connectivity index (χ1n) is 5.22. The first kappa shape index (κ1) is 13.8. The van der Waals surface area contributed by atoms with E-state index in [2.05, 4.69) is 0 Å². The van der Waals surface area contributed by atoms with Gasteiger partial charge in [0.1, 0.15) is 6.42 Å². The summed E-state index contributed by atoms with van der Waals surface area (Å²) in [6, 6.07) is 0. The SMILES string of the molecule is CC1(C(=O)O)CCCN(C(=O)CC(F)(F)F)C1. The van der Waals surface area contributed by atoms with Crippen LogP contribution >= 0.6 is 0 Å². The predicted octanol–water partition coefficient (Wildman–Crippen LogP) is 1.65. The Labute approximate surface area is 96.4 Å². The number of piperidine rings is 1. The molecule has 1 aliphatic heterocycles. The van der Waals surface area contributed by atoms with E-state index >= 15 is 0 Å². The Kier molecular flexibility index (Phi) is 3.68. The van der Waals surface area contributed by atoms with Crippen LogP contribution in [0, 0.1) is 5.41 Å². The molecule has 1 atom stereocenters. The van der Waals surface area contributed by atoms with E-state index in [4.69, 9.17) is 5.11 Å². The maximum Gasteiger partial charge on any atom is 0.397 e. The molecule has 1 saturated heterocycles. The number of alkyl halides is 3. The lowest BCUT2D eigenvalue weighted by molar-refractivity contribution is -0.165. The van der Waals surface area contributed by atoms with E-state index < -0.39 is 29.9 Å². The molecule has 0 aromatic rings. The third kappa shape index (κ3) is 3.61. The number of likely N-dealkylation sites (tertiary alicyclic amines) is 1. The standard InChI is InChI=1S/C10H14F3NO3/c1-9(8(16)17)3-2-4-14(6-9)7(15)5-10(11,12)13/h2-6H2,1H3,(H,16,17). The minimum absolute atomic E-state index is 0.156. The summed E-state index contributed by atoms with van der Waals surface area (Å²) in [6.45, 7) is 1.48. The van der Waals surface area contributed by atoms with E-state index in [9.17, 15) is 22.8 Å². The lowest BCUT2D eigenvalue weighted by Gasteiger charge is -2.37. The average Bonchev–Trinajstić information content (AvgIpc) is 2.15. The third-order valence-corrected chi connectivity index (χ3v) is 2.92. The lowest BCUT2D eigenvalue weighted by atomic mass is 9.82. The molecule has 1 unspecified atom stereocenters. The molecule has 0 saturated carbocycles. The van der Waals surface area contributed by atoms with E-state index in [-0.39, 0.29) is 13.1 Å². The number of rotatable bonds is 2. The largest absolute Gasteiger partial charge is 0.481 e. The maximum absolute atomic E-state index is 12.0. The number of carbonyl (C=O) groups excluding carboxylic acids is 1. The fourth-order valence-corrected chi connectivity index (χ4v) is 1.91. The first-order chi connectivity index (χ1) is 7.64. The van der Waals surface area contributed by atoms with Crippen molar-refractivity contribution < 1.29 is 27.9 Å². The highest BCUT2D eigenvalue weighted by Gasteiger charge is 2.41. The molecular weight excluding hydrogens is 239 g/mol. The molecule has 7 heteroatoms. The number of halogens is 3. The molecule has 98 valence electrons. The van der Waals surface area contributed by atoms with Crippen LogP contribution in [-0.2, 0) is 9.59 Å². The van der Waals surface area contributed by atoms with Crippen molar-refractivity contribution in [2.75, 3.05) is 13.1 Å². The molecule has 0 aromatic heterocycles. The number of carboxylic acid groups (broad SMARTS) is 1. The Morgan fingerprint density at radius 3 is 2.47 bits per heavy atom. The monoisotopic (exact) mass is 253 g/mol. The molecule has 1 fully saturated rings. The normalized spacial score (nSPS) is 25.8. The quantitative estimate of drug-likeness (QED) is 0.814. The molecule has 1 aliphatic rings. The second-order valence-corrected chi connectivity index (χ2v) is 4.58. The molecule has 0 bridgehead atoms. The fraction of sp³-hybridized carbons (Fsp3) is 0.800. The zero-order chi connectivity index (χ0) is 13.3. The van der Waals surface area contributed by atoms with Crippen LogP contribution in [0.5, 0.6) is 0 Å². The van der Waals surface area contributed by atoms with Gasteiger partial charge < -0.3 is 10.0 Å². The Morgan fingerprint density at radius 2 is 2.00 bits per heavy atom. The molecule has 4 nitrogen and oxygen atoms in total. The second kappa shape index (κ2) is 4.54. The molecule has 1 amide bonds. The predicted molar refractivity (Wildman–Crippen MR) is 52.2 cm³/mol. The number of aliphatic carboxylic acids is 1. The first-order valence-corrected chi connectivity index (χ1v) is 5.22.